The maximum atomic E-state index is 5.65. The second-order valence-electron chi connectivity index (χ2n) is 3.73. The van der Waals surface area contributed by atoms with E-state index in [-0.39, 0.29) is 0 Å². The molecule has 1 aromatic heterocycles. The van der Waals surface area contributed by atoms with Crippen molar-refractivity contribution in [2.45, 2.75) is 32.7 Å². The van der Waals surface area contributed by atoms with E-state index in [1.54, 1.807) is 6.33 Å². The topological polar surface area (TPSA) is 47.0 Å². The van der Waals surface area contributed by atoms with E-state index in [9.17, 15) is 0 Å². The summed E-state index contributed by atoms with van der Waals surface area (Å²) in [6.07, 6.45) is 4.80. The molecule has 1 aliphatic heterocycles. The van der Waals surface area contributed by atoms with Crippen molar-refractivity contribution in [3.63, 3.8) is 0 Å². The molecule has 0 saturated carbocycles. The third-order valence-electron chi connectivity index (χ3n) is 2.57. The molecule has 0 aromatic carbocycles. The van der Waals surface area contributed by atoms with Gasteiger partial charge in [-0.15, -0.1) is 0 Å². The molecule has 0 unspecified atom stereocenters. The van der Waals surface area contributed by atoms with Crippen LogP contribution in [0.5, 0.6) is 5.88 Å². The standard InChI is InChI=1S/C11H17N3O/c1-2-3-6-15-11-9-7-12-5-4-10(9)13-8-14-11/h8,12H,2-7H2,1H3. The number of ether oxygens (including phenoxy) is 1. The predicted molar refractivity (Wildman–Crippen MR) is 57.8 cm³/mol. The number of unbranched alkanes of at least 4 members (excludes halogenated alkanes) is 1. The minimum atomic E-state index is 0.750. The summed E-state index contributed by atoms with van der Waals surface area (Å²) in [6, 6.07) is 0. The Morgan fingerprint density at radius 1 is 1.47 bits per heavy atom. The summed E-state index contributed by atoms with van der Waals surface area (Å²) >= 11 is 0. The molecule has 0 fully saturated rings. The Kier molecular flexibility index (Phi) is 3.50. The Hall–Kier alpha value is -1.16. The van der Waals surface area contributed by atoms with Crippen LogP contribution in [-0.2, 0) is 13.0 Å². The highest BCUT2D eigenvalue weighted by molar-refractivity contribution is 5.31. The number of aromatic nitrogens is 2. The van der Waals surface area contributed by atoms with E-state index in [1.165, 1.54) is 0 Å². The summed E-state index contributed by atoms with van der Waals surface area (Å²) in [5.41, 5.74) is 2.27. The van der Waals surface area contributed by atoms with Crippen molar-refractivity contribution in [2.24, 2.45) is 0 Å². The third-order valence-corrected chi connectivity index (χ3v) is 2.57. The highest BCUT2D eigenvalue weighted by Crippen LogP contribution is 2.20. The summed E-state index contributed by atoms with van der Waals surface area (Å²) in [7, 11) is 0. The molecule has 4 nitrogen and oxygen atoms in total. The van der Waals surface area contributed by atoms with Crippen LogP contribution in [0.3, 0.4) is 0 Å². The van der Waals surface area contributed by atoms with Crippen LogP contribution in [0.25, 0.3) is 0 Å². The number of fused-ring (bicyclic) bond motifs is 1. The summed E-state index contributed by atoms with van der Waals surface area (Å²) in [6.45, 7) is 4.73. The monoisotopic (exact) mass is 207 g/mol. The molecule has 1 N–H and O–H groups in total. The Morgan fingerprint density at radius 3 is 3.27 bits per heavy atom. The first-order valence-corrected chi connectivity index (χ1v) is 5.58. The minimum absolute atomic E-state index is 0.750. The molecule has 0 radical (unpaired) electrons. The zero-order valence-electron chi connectivity index (χ0n) is 9.12. The fourth-order valence-electron chi connectivity index (χ4n) is 1.68. The van der Waals surface area contributed by atoms with Gasteiger partial charge in [0.05, 0.1) is 12.3 Å². The van der Waals surface area contributed by atoms with Crippen molar-refractivity contribution in [3.05, 3.63) is 17.6 Å². The van der Waals surface area contributed by atoms with Gasteiger partial charge in [0.25, 0.3) is 0 Å². The molecular formula is C11H17N3O. The van der Waals surface area contributed by atoms with Gasteiger partial charge in [0.2, 0.25) is 5.88 Å². The van der Waals surface area contributed by atoms with Crippen LogP contribution in [0, 0.1) is 0 Å². The van der Waals surface area contributed by atoms with Crippen LogP contribution in [0.1, 0.15) is 31.0 Å². The second-order valence-corrected chi connectivity index (χ2v) is 3.73. The third kappa shape index (κ3) is 2.45. The molecule has 0 amide bonds. The quantitative estimate of drug-likeness (QED) is 0.756. The van der Waals surface area contributed by atoms with E-state index in [0.717, 1.165) is 56.1 Å². The zero-order valence-corrected chi connectivity index (χ0v) is 9.12. The largest absolute Gasteiger partial charge is 0.477 e. The van der Waals surface area contributed by atoms with E-state index >= 15 is 0 Å². The van der Waals surface area contributed by atoms with E-state index < -0.39 is 0 Å². The molecule has 82 valence electrons. The summed E-state index contributed by atoms with van der Waals surface area (Å²) < 4.78 is 5.65. The average Bonchev–Trinajstić information content (AvgIpc) is 2.30. The minimum Gasteiger partial charge on any atom is -0.477 e. The van der Waals surface area contributed by atoms with Gasteiger partial charge in [-0.05, 0) is 6.42 Å². The van der Waals surface area contributed by atoms with Crippen LogP contribution in [0.2, 0.25) is 0 Å². The van der Waals surface area contributed by atoms with E-state index in [2.05, 4.69) is 22.2 Å². The van der Waals surface area contributed by atoms with Gasteiger partial charge < -0.3 is 10.1 Å². The van der Waals surface area contributed by atoms with Gasteiger partial charge in [0, 0.05) is 25.1 Å². The van der Waals surface area contributed by atoms with E-state index in [4.69, 9.17) is 4.74 Å². The van der Waals surface area contributed by atoms with Crippen LogP contribution >= 0.6 is 0 Å². The maximum absolute atomic E-state index is 5.65. The van der Waals surface area contributed by atoms with Gasteiger partial charge in [-0.25, -0.2) is 9.97 Å². The maximum Gasteiger partial charge on any atom is 0.221 e. The van der Waals surface area contributed by atoms with Crippen molar-refractivity contribution >= 4 is 0 Å². The molecule has 0 saturated heterocycles. The zero-order chi connectivity index (χ0) is 10.5. The van der Waals surface area contributed by atoms with Crippen LogP contribution < -0.4 is 10.1 Å². The normalized spacial score (nSPS) is 14.7. The molecule has 4 heteroatoms. The molecule has 1 aliphatic rings. The van der Waals surface area contributed by atoms with Crippen LogP contribution in [-0.4, -0.2) is 23.1 Å². The highest BCUT2D eigenvalue weighted by atomic mass is 16.5. The first-order chi connectivity index (χ1) is 7.42. The number of rotatable bonds is 4. The SMILES string of the molecule is CCCCOc1ncnc2c1CNCC2. The lowest BCUT2D eigenvalue weighted by atomic mass is 10.1. The van der Waals surface area contributed by atoms with Crippen molar-refractivity contribution in [2.75, 3.05) is 13.2 Å². The molecular weight excluding hydrogens is 190 g/mol. The van der Waals surface area contributed by atoms with Crippen molar-refractivity contribution in [1.29, 1.82) is 0 Å². The van der Waals surface area contributed by atoms with Gasteiger partial charge in [0.15, 0.2) is 0 Å². The van der Waals surface area contributed by atoms with Gasteiger partial charge in [-0.3, -0.25) is 0 Å². The predicted octanol–water partition coefficient (Wildman–Crippen LogP) is 1.30. The van der Waals surface area contributed by atoms with Crippen LogP contribution in [0.15, 0.2) is 6.33 Å². The first-order valence-electron chi connectivity index (χ1n) is 5.58. The lowest BCUT2D eigenvalue weighted by molar-refractivity contribution is 0.291. The Bertz CT molecular complexity index is 328. The number of nitrogens with one attached hydrogen (secondary N) is 1. The fraction of sp³-hybridized carbons (Fsp3) is 0.636. The van der Waals surface area contributed by atoms with Crippen molar-refractivity contribution in [1.82, 2.24) is 15.3 Å². The van der Waals surface area contributed by atoms with E-state index in [0.29, 0.717) is 0 Å². The molecule has 1 aromatic rings. The molecule has 0 aliphatic carbocycles. The molecule has 0 bridgehead atoms. The summed E-state index contributed by atoms with van der Waals surface area (Å²) in [5.74, 6) is 0.764. The average molecular weight is 207 g/mol. The van der Waals surface area contributed by atoms with Gasteiger partial charge in [-0.2, -0.15) is 0 Å². The lowest BCUT2D eigenvalue weighted by Crippen LogP contribution is -2.25. The lowest BCUT2D eigenvalue weighted by Gasteiger charge is -2.18. The summed E-state index contributed by atoms with van der Waals surface area (Å²) in [5, 5.41) is 3.31. The Labute approximate surface area is 90.1 Å². The Balaban J connectivity index is 2.09. The van der Waals surface area contributed by atoms with Crippen molar-refractivity contribution in [3.8, 4) is 5.88 Å². The van der Waals surface area contributed by atoms with E-state index in [1.807, 2.05) is 0 Å². The summed E-state index contributed by atoms with van der Waals surface area (Å²) in [4.78, 5) is 8.47. The molecule has 15 heavy (non-hydrogen) atoms. The Morgan fingerprint density at radius 2 is 2.40 bits per heavy atom. The smallest absolute Gasteiger partial charge is 0.221 e. The fourth-order valence-corrected chi connectivity index (χ4v) is 1.68. The number of hydrogen-bond acceptors (Lipinski definition) is 4. The van der Waals surface area contributed by atoms with Crippen molar-refractivity contribution < 1.29 is 4.74 Å². The molecule has 0 spiro atoms. The van der Waals surface area contributed by atoms with Gasteiger partial charge in [-0.1, -0.05) is 13.3 Å². The van der Waals surface area contributed by atoms with Gasteiger partial charge >= 0.3 is 0 Å². The van der Waals surface area contributed by atoms with Crippen LogP contribution in [0.4, 0.5) is 0 Å². The molecule has 2 heterocycles. The molecule has 2 rings (SSSR count). The first kappa shape index (κ1) is 10.4. The van der Waals surface area contributed by atoms with Gasteiger partial charge in [0.1, 0.15) is 6.33 Å². The number of nitrogens with zero attached hydrogens (tertiary/aromatic N) is 2. The number of hydrogen-bond donors (Lipinski definition) is 1. The highest BCUT2D eigenvalue weighted by Gasteiger charge is 2.15. The molecule has 0 atom stereocenters. The second kappa shape index (κ2) is 5.07.